The molecule has 0 saturated heterocycles. The van der Waals surface area contributed by atoms with Gasteiger partial charge in [-0.25, -0.2) is 13.2 Å². The number of hydrogen-bond acceptors (Lipinski definition) is 6. The second-order valence-electron chi connectivity index (χ2n) is 6.76. The number of sulfonamides is 1. The zero-order valence-corrected chi connectivity index (χ0v) is 17.5. The van der Waals surface area contributed by atoms with Crippen LogP contribution in [0.5, 0.6) is 5.75 Å². The number of rotatable bonds is 7. The maximum absolute atomic E-state index is 13.0. The van der Waals surface area contributed by atoms with Gasteiger partial charge in [0.05, 0.1) is 17.7 Å². The molecule has 0 amide bonds. The van der Waals surface area contributed by atoms with Gasteiger partial charge >= 0.3 is 5.63 Å². The number of methoxy groups -OCH3 is 1. The minimum absolute atomic E-state index is 0.0339. The molecule has 0 aliphatic carbocycles. The summed E-state index contributed by atoms with van der Waals surface area (Å²) in [6.07, 6.45) is 0. The van der Waals surface area contributed by atoms with Gasteiger partial charge in [0.15, 0.2) is 5.69 Å². The zero-order chi connectivity index (χ0) is 21.8. The summed E-state index contributed by atoms with van der Waals surface area (Å²) in [7, 11) is -2.63. The lowest BCUT2D eigenvalue weighted by Crippen LogP contribution is -2.20. The maximum atomic E-state index is 13.0. The fourth-order valence-corrected chi connectivity index (χ4v) is 4.28. The molecule has 0 radical (unpaired) electrons. The number of benzene rings is 3. The molecule has 1 aromatic heterocycles. The number of para-hydroxylation sites is 1. The molecular weight excluding hydrogens is 416 g/mol. The summed E-state index contributed by atoms with van der Waals surface area (Å²) in [6, 6.07) is 22.5. The minimum atomic E-state index is -4.07. The van der Waals surface area contributed by atoms with E-state index in [1.54, 1.807) is 36.4 Å². The van der Waals surface area contributed by atoms with Gasteiger partial charge in [0, 0.05) is 18.0 Å². The Balaban J connectivity index is 1.79. The SMILES string of the molecule is COc1cccc(S(=O)(=O)Nc2c(NCc3ccccc3)c3ccccc3oc2=O)c1. The molecule has 0 unspecified atom stereocenters. The third-order valence-corrected chi connectivity index (χ3v) is 6.06. The van der Waals surface area contributed by atoms with E-state index in [2.05, 4.69) is 10.0 Å². The van der Waals surface area contributed by atoms with Crippen LogP contribution in [0.2, 0.25) is 0 Å². The van der Waals surface area contributed by atoms with E-state index in [-0.39, 0.29) is 10.6 Å². The Hall–Kier alpha value is -3.78. The predicted octanol–water partition coefficient (Wildman–Crippen LogP) is 4.21. The summed E-state index contributed by atoms with van der Waals surface area (Å²) in [4.78, 5) is 12.7. The van der Waals surface area contributed by atoms with Crippen molar-refractivity contribution < 1.29 is 17.6 Å². The van der Waals surface area contributed by atoms with E-state index in [1.165, 1.54) is 19.2 Å². The smallest absolute Gasteiger partial charge is 0.363 e. The van der Waals surface area contributed by atoms with Gasteiger partial charge in [-0.05, 0) is 29.8 Å². The van der Waals surface area contributed by atoms with Crippen molar-refractivity contribution in [3.05, 3.63) is 94.8 Å². The Kier molecular flexibility index (Phi) is 5.64. The van der Waals surface area contributed by atoms with Crippen molar-refractivity contribution in [2.75, 3.05) is 17.1 Å². The predicted molar refractivity (Wildman–Crippen MR) is 120 cm³/mol. The highest BCUT2D eigenvalue weighted by molar-refractivity contribution is 7.92. The van der Waals surface area contributed by atoms with Crippen LogP contribution in [0, 0.1) is 0 Å². The third kappa shape index (κ3) is 4.39. The van der Waals surface area contributed by atoms with Crippen molar-refractivity contribution in [1.29, 1.82) is 0 Å². The quantitative estimate of drug-likeness (QED) is 0.421. The third-order valence-electron chi connectivity index (χ3n) is 4.71. The van der Waals surface area contributed by atoms with E-state index < -0.39 is 15.6 Å². The molecule has 0 atom stereocenters. The van der Waals surface area contributed by atoms with Crippen LogP contribution in [-0.2, 0) is 16.6 Å². The van der Waals surface area contributed by atoms with Crippen LogP contribution < -0.4 is 20.4 Å². The molecule has 0 aliphatic heterocycles. The summed E-state index contributed by atoms with van der Waals surface area (Å²) in [6.45, 7) is 0.391. The van der Waals surface area contributed by atoms with Crippen molar-refractivity contribution in [3.63, 3.8) is 0 Å². The molecule has 8 heteroatoms. The van der Waals surface area contributed by atoms with Gasteiger partial charge in [0.1, 0.15) is 11.3 Å². The van der Waals surface area contributed by atoms with Gasteiger partial charge in [0.2, 0.25) is 0 Å². The monoisotopic (exact) mass is 436 g/mol. The lowest BCUT2D eigenvalue weighted by atomic mass is 10.1. The largest absolute Gasteiger partial charge is 0.497 e. The van der Waals surface area contributed by atoms with E-state index >= 15 is 0 Å². The van der Waals surface area contributed by atoms with Gasteiger partial charge in [-0.15, -0.1) is 0 Å². The van der Waals surface area contributed by atoms with E-state index in [1.807, 2.05) is 30.3 Å². The highest BCUT2D eigenvalue weighted by Crippen LogP contribution is 2.31. The van der Waals surface area contributed by atoms with Crippen molar-refractivity contribution in [2.24, 2.45) is 0 Å². The first-order valence-corrected chi connectivity index (χ1v) is 11.0. The first kappa shape index (κ1) is 20.5. The Morgan fingerprint density at radius 1 is 0.903 bits per heavy atom. The lowest BCUT2D eigenvalue weighted by molar-refractivity contribution is 0.413. The fourth-order valence-electron chi connectivity index (χ4n) is 3.17. The molecular formula is C23H20N2O5S. The first-order valence-electron chi connectivity index (χ1n) is 9.48. The van der Waals surface area contributed by atoms with E-state index in [4.69, 9.17) is 9.15 Å². The molecule has 4 aromatic rings. The van der Waals surface area contributed by atoms with Crippen LogP contribution in [0.15, 0.2) is 93.0 Å². The molecule has 0 saturated carbocycles. The normalized spacial score (nSPS) is 11.3. The summed E-state index contributed by atoms with van der Waals surface area (Å²) < 4.78 is 38.9. The fraction of sp³-hybridized carbons (Fsp3) is 0.0870. The Labute approximate surface area is 179 Å². The van der Waals surface area contributed by atoms with Gasteiger partial charge in [-0.3, -0.25) is 4.72 Å². The highest BCUT2D eigenvalue weighted by atomic mass is 32.2. The summed E-state index contributed by atoms with van der Waals surface area (Å²) in [5.74, 6) is 0.385. The molecule has 0 bridgehead atoms. The van der Waals surface area contributed by atoms with Gasteiger partial charge < -0.3 is 14.5 Å². The molecule has 2 N–H and O–H groups in total. The van der Waals surface area contributed by atoms with Crippen LogP contribution >= 0.6 is 0 Å². The number of ether oxygens (including phenoxy) is 1. The molecule has 0 aliphatic rings. The molecule has 4 rings (SSSR count). The summed E-state index contributed by atoms with van der Waals surface area (Å²) in [5, 5.41) is 3.78. The van der Waals surface area contributed by atoms with Crippen molar-refractivity contribution in [3.8, 4) is 5.75 Å². The zero-order valence-electron chi connectivity index (χ0n) is 16.7. The molecule has 7 nitrogen and oxygen atoms in total. The standard InChI is InChI=1S/C23H20N2O5S/c1-29-17-10-7-11-18(14-17)31(27,28)25-22-21(24-15-16-8-3-2-4-9-16)19-12-5-6-13-20(19)30-23(22)26/h2-14,24-25H,15H2,1H3. The topological polar surface area (TPSA) is 97.6 Å². The van der Waals surface area contributed by atoms with Gasteiger partial charge in [0.25, 0.3) is 10.0 Å². The molecule has 0 fully saturated rings. The first-order chi connectivity index (χ1) is 15.0. The molecule has 0 spiro atoms. The number of fused-ring (bicyclic) bond motifs is 1. The van der Waals surface area contributed by atoms with Crippen LogP contribution in [0.25, 0.3) is 11.0 Å². The Bertz CT molecular complexity index is 1380. The number of nitrogens with one attached hydrogen (secondary N) is 2. The second kappa shape index (κ2) is 8.53. The van der Waals surface area contributed by atoms with E-state index in [0.29, 0.717) is 29.0 Å². The molecule has 158 valence electrons. The van der Waals surface area contributed by atoms with Crippen LogP contribution in [0.3, 0.4) is 0 Å². The van der Waals surface area contributed by atoms with E-state index in [0.717, 1.165) is 5.56 Å². The summed E-state index contributed by atoms with van der Waals surface area (Å²) >= 11 is 0. The average molecular weight is 436 g/mol. The van der Waals surface area contributed by atoms with Crippen molar-refractivity contribution in [1.82, 2.24) is 0 Å². The average Bonchev–Trinajstić information content (AvgIpc) is 2.79. The van der Waals surface area contributed by atoms with E-state index in [9.17, 15) is 13.2 Å². The van der Waals surface area contributed by atoms with Gasteiger partial charge in [-0.2, -0.15) is 0 Å². The number of hydrogen-bond donors (Lipinski definition) is 2. The highest BCUT2D eigenvalue weighted by Gasteiger charge is 2.22. The molecule has 1 heterocycles. The Morgan fingerprint density at radius 2 is 1.65 bits per heavy atom. The van der Waals surface area contributed by atoms with Crippen molar-refractivity contribution in [2.45, 2.75) is 11.4 Å². The Morgan fingerprint density at radius 3 is 2.42 bits per heavy atom. The second-order valence-corrected chi connectivity index (χ2v) is 8.44. The van der Waals surface area contributed by atoms with Crippen LogP contribution in [-0.4, -0.2) is 15.5 Å². The van der Waals surface area contributed by atoms with Gasteiger partial charge in [-0.1, -0.05) is 48.5 Å². The van der Waals surface area contributed by atoms with Crippen LogP contribution in [0.1, 0.15) is 5.56 Å². The molecule has 31 heavy (non-hydrogen) atoms. The van der Waals surface area contributed by atoms with Crippen LogP contribution in [0.4, 0.5) is 11.4 Å². The minimum Gasteiger partial charge on any atom is -0.497 e. The maximum Gasteiger partial charge on any atom is 0.363 e. The molecule has 3 aromatic carbocycles. The lowest BCUT2D eigenvalue weighted by Gasteiger charge is -2.15. The summed E-state index contributed by atoms with van der Waals surface area (Å²) in [5.41, 5.74) is 0.703. The number of anilines is 2. The van der Waals surface area contributed by atoms with Crippen molar-refractivity contribution >= 4 is 32.4 Å².